The van der Waals surface area contributed by atoms with Crippen molar-refractivity contribution in [3.8, 4) is 0 Å². The first kappa shape index (κ1) is 62.8. The zero-order valence-corrected chi connectivity index (χ0v) is 43.4. The van der Waals surface area contributed by atoms with E-state index in [1.165, 1.54) is 103 Å². The quantitative estimate of drug-likeness (QED) is 0.0281. The van der Waals surface area contributed by atoms with E-state index in [1.54, 1.807) is 0 Å². The number of allylic oxidation sites excluding steroid dienone is 12. The lowest BCUT2D eigenvalue weighted by molar-refractivity contribution is -0.887. The molecule has 66 heavy (non-hydrogen) atoms. The molecule has 0 aliphatic rings. The minimum absolute atomic E-state index is 0.0530. The molecule has 1 N–H and O–H groups in total. The summed E-state index contributed by atoms with van der Waals surface area (Å²) in [5.41, 5.74) is 0. The fourth-order valence-electron chi connectivity index (χ4n) is 7.70. The normalized spacial score (nSPS) is 13.4. The molecule has 380 valence electrons. The number of unbranched alkanes of at least 4 members (excludes halogenated alkanes) is 22. The summed E-state index contributed by atoms with van der Waals surface area (Å²) < 4.78 is 17.4. The second kappa shape index (κ2) is 48.2. The summed E-state index contributed by atoms with van der Waals surface area (Å²) in [6, 6.07) is -0.621. The number of esters is 2. The highest BCUT2D eigenvalue weighted by molar-refractivity contribution is 5.72. The monoisotopic (exact) mass is 925 g/mol. The number of carboxylic acids is 1. The van der Waals surface area contributed by atoms with Gasteiger partial charge in [0.25, 0.3) is 0 Å². The van der Waals surface area contributed by atoms with Gasteiger partial charge in [-0.25, -0.2) is 4.79 Å². The Morgan fingerprint density at radius 1 is 0.470 bits per heavy atom. The van der Waals surface area contributed by atoms with Gasteiger partial charge in [-0.15, -0.1) is 0 Å². The van der Waals surface area contributed by atoms with Crippen LogP contribution in [0.4, 0.5) is 0 Å². The predicted molar refractivity (Wildman–Crippen MR) is 280 cm³/mol. The van der Waals surface area contributed by atoms with E-state index < -0.39 is 18.1 Å². The first-order valence-corrected chi connectivity index (χ1v) is 27.0. The molecular formula is C58H102NO7+. The predicted octanol–water partition coefficient (Wildman–Crippen LogP) is 15.9. The molecule has 8 nitrogen and oxygen atoms in total. The van der Waals surface area contributed by atoms with Crippen molar-refractivity contribution in [1.29, 1.82) is 0 Å². The van der Waals surface area contributed by atoms with Crippen LogP contribution < -0.4 is 0 Å². The second-order valence-electron chi connectivity index (χ2n) is 19.1. The summed E-state index contributed by atoms with van der Waals surface area (Å²) in [4.78, 5) is 37.2. The lowest BCUT2D eigenvalue weighted by Gasteiger charge is -2.31. The minimum atomic E-state index is -0.878. The Balaban J connectivity index is 4.25. The van der Waals surface area contributed by atoms with Crippen LogP contribution >= 0.6 is 0 Å². The smallest absolute Gasteiger partial charge is 0.362 e. The average Bonchev–Trinajstić information content (AvgIpc) is 3.28. The Hall–Kier alpha value is -3.23. The standard InChI is InChI=1S/C58H101NO7/c1-6-8-10-12-14-16-18-20-22-24-26-28-30-32-34-36-38-40-42-44-46-48-56(60)65-53-54(52-64-51-50-55(58(62)63)59(3,4)5)66-57(61)49-47-45-43-41-39-37-35-33-31-29-27-25-23-21-19-17-15-13-11-9-7-2/h9,11,14-17,20,22,26,28,32,34,54-55H,6-8,10,12-13,18-19,21,23-25,27,29-31,33,35-53H2,1-5H3/p+1/b11-9+,16-14+,17-15+,22-20+,28-26+,34-32+. The van der Waals surface area contributed by atoms with E-state index in [-0.39, 0.29) is 36.2 Å². The van der Waals surface area contributed by atoms with Gasteiger partial charge in [-0.2, -0.15) is 0 Å². The Morgan fingerprint density at radius 3 is 1.26 bits per heavy atom. The fourth-order valence-corrected chi connectivity index (χ4v) is 7.70. The molecule has 0 bridgehead atoms. The molecule has 2 unspecified atom stereocenters. The van der Waals surface area contributed by atoms with Crippen molar-refractivity contribution in [2.24, 2.45) is 0 Å². The van der Waals surface area contributed by atoms with Gasteiger partial charge in [-0.05, 0) is 83.5 Å². The molecule has 0 aliphatic carbocycles. The Morgan fingerprint density at radius 2 is 0.848 bits per heavy atom. The number of aliphatic carboxylic acids is 1. The summed E-state index contributed by atoms with van der Waals surface area (Å²) in [7, 11) is 5.53. The van der Waals surface area contributed by atoms with Crippen LogP contribution in [0, 0.1) is 0 Å². The third-order valence-corrected chi connectivity index (χ3v) is 11.8. The lowest BCUT2D eigenvalue weighted by Crippen LogP contribution is -2.50. The van der Waals surface area contributed by atoms with Crippen LogP contribution in [-0.2, 0) is 28.6 Å². The highest BCUT2D eigenvalue weighted by atomic mass is 16.6. The van der Waals surface area contributed by atoms with Crippen molar-refractivity contribution in [1.82, 2.24) is 0 Å². The number of carbonyl (C=O) groups is 3. The van der Waals surface area contributed by atoms with Gasteiger partial charge in [0, 0.05) is 19.3 Å². The van der Waals surface area contributed by atoms with Crippen molar-refractivity contribution < 1.29 is 38.2 Å². The maximum Gasteiger partial charge on any atom is 0.362 e. The Labute approximate surface area is 406 Å². The molecule has 0 spiro atoms. The molecule has 8 heteroatoms. The minimum Gasteiger partial charge on any atom is -0.477 e. The van der Waals surface area contributed by atoms with Gasteiger partial charge in [0.05, 0.1) is 34.4 Å². The van der Waals surface area contributed by atoms with Crippen molar-refractivity contribution >= 4 is 17.9 Å². The number of nitrogens with zero attached hydrogens (tertiary/aromatic N) is 1. The number of ether oxygens (including phenoxy) is 3. The van der Waals surface area contributed by atoms with Crippen molar-refractivity contribution in [2.45, 2.75) is 238 Å². The number of carboxylic acid groups (broad SMARTS) is 1. The van der Waals surface area contributed by atoms with Crippen molar-refractivity contribution in [2.75, 3.05) is 41.0 Å². The molecule has 0 aliphatic heterocycles. The van der Waals surface area contributed by atoms with E-state index in [0.717, 1.165) is 89.9 Å². The highest BCUT2D eigenvalue weighted by Gasteiger charge is 2.31. The van der Waals surface area contributed by atoms with E-state index in [1.807, 2.05) is 21.1 Å². The lowest BCUT2D eigenvalue weighted by atomic mass is 10.0. The van der Waals surface area contributed by atoms with Gasteiger partial charge in [-0.3, -0.25) is 9.59 Å². The van der Waals surface area contributed by atoms with E-state index in [0.29, 0.717) is 19.3 Å². The van der Waals surface area contributed by atoms with E-state index >= 15 is 0 Å². The maximum atomic E-state index is 12.8. The second-order valence-corrected chi connectivity index (χ2v) is 19.1. The molecule has 2 atom stereocenters. The first-order chi connectivity index (χ1) is 32.1. The number of rotatable bonds is 48. The summed E-state index contributed by atoms with van der Waals surface area (Å²) in [6.45, 7) is 4.60. The summed E-state index contributed by atoms with van der Waals surface area (Å²) >= 11 is 0. The van der Waals surface area contributed by atoms with Crippen LogP contribution in [0.25, 0.3) is 0 Å². The number of carbonyl (C=O) groups excluding carboxylic acids is 2. The largest absolute Gasteiger partial charge is 0.477 e. The van der Waals surface area contributed by atoms with Gasteiger partial charge in [0.1, 0.15) is 6.61 Å². The molecule has 0 saturated heterocycles. The topological polar surface area (TPSA) is 99.1 Å². The van der Waals surface area contributed by atoms with Crippen molar-refractivity contribution in [3.05, 3.63) is 72.9 Å². The number of likely N-dealkylation sites (N-methyl/N-ethyl adjacent to an activating group) is 1. The zero-order valence-electron chi connectivity index (χ0n) is 43.4. The number of hydrogen-bond donors (Lipinski definition) is 1. The van der Waals surface area contributed by atoms with Gasteiger partial charge < -0.3 is 23.8 Å². The van der Waals surface area contributed by atoms with Gasteiger partial charge in [-0.1, -0.05) is 196 Å². The molecular weight excluding hydrogens is 823 g/mol. The van der Waals surface area contributed by atoms with Crippen LogP contribution in [0.2, 0.25) is 0 Å². The van der Waals surface area contributed by atoms with Crippen LogP contribution in [-0.4, -0.2) is 80.6 Å². The fraction of sp³-hybridized carbons (Fsp3) is 0.741. The molecule has 0 fully saturated rings. The number of hydrogen-bond acceptors (Lipinski definition) is 6. The zero-order chi connectivity index (χ0) is 48.4. The summed E-state index contributed by atoms with van der Waals surface area (Å²) in [5.74, 6) is -1.49. The number of quaternary nitrogens is 1. The molecule has 0 radical (unpaired) electrons. The van der Waals surface area contributed by atoms with Crippen molar-refractivity contribution in [3.63, 3.8) is 0 Å². The third-order valence-electron chi connectivity index (χ3n) is 11.8. The first-order valence-electron chi connectivity index (χ1n) is 27.0. The third kappa shape index (κ3) is 45.9. The van der Waals surface area contributed by atoms with Gasteiger partial charge in [0.15, 0.2) is 12.1 Å². The molecule has 0 aromatic heterocycles. The molecule has 0 aromatic rings. The highest BCUT2D eigenvalue weighted by Crippen LogP contribution is 2.16. The van der Waals surface area contributed by atoms with E-state index in [4.69, 9.17) is 14.2 Å². The van der Waals surface area contributed by atoms with E-state index in [9.17, 15) is 19.5 Å². The van der Waals surface area contributed by atoms with E-state index in [2.05, 4.69) is 86.8 Å². The van der Waals surface area contributed by atoms with Gasteiger partial charge >= 0.3 is 17.9 Å². The average molecular weight is 925 g/mol. The van der Waals surface area contributed by atoms with Crippen LogP contribution in [0.1, 0.15) is 226 Å². The Bertz CT molecular complexity index is 1310. The SMILES string of the molecule is CC/C=C/C/C=C/CCCCCCCCCCCCCCCCC(=O)OC(COCCC(C(=O)O)[N+](C)(C)C)COC(=O)CCCCCCC/C=C/C/C=C/C/C=C/C/C=C/CCCCC. The van der Waals surface area contributed by atoms with Crippen LogP contribution in [0.15, 0.2) is 72.9 Å². The molecule has 0 amide bonds. The molecule has 0 aromatic carbocycles. The molecule has 0 saturated carbocycles. The van der Waals surface area contributed by atoms with Gasteiger partial charge in [0.2, 0.25) is 0 Å². The Kier molecular flexibility index (Phi) is 45.9. The maximum absolute atomic E-state index is 12.8. The molecule has 0 heterocycles. The van der Waals surface area contributed by atoms with Crippen LogP contribution in [0.5, 0.6) is 0 Å². The summed E-state index contributed by atoms with van der Waals surface area (Å²) in [6.07, 6.45) is 62.4. The molecule has 0 rings (SSSR count). The van der Waals surface area contributed by atoms with Crippen LogP contribution in [0.3, 0.4) is 0 Å². The summed E-state index contributed by atoms with van der Waals surface area (Å²) in [5, 5.41) is 9.67.